The van der Waals surface area contributed by atoms with Crippen LogP contribution in [0.1, 0.15) is 10.4 Å². The molecule has 0 saturated carbocycles. The minimum Gasteiger partial charge on any atom is -0.472 e. The number of anilines is 1. The normalized spacial score (nSPS) is 12.2. The maximum absolute atomic E-state index is 13.2. The van der Waals surface area contributed by atoms with E-state index in [2.05, 4.69) is 15.3 Å². The summed E-state index contributed by atoms with van der Waals surface area (Å²) < 4.78 is 16.0. The van der Waals surface area contributed by atoms with E-state index in [1.54, 1.807) is 43.0 Å². The minimum atomic E-state index is -0.219. The van der Waals surface area contributed by atoms with E-state index < -0.39 is 0 Å². The second-order valence-electron chi connectivity index (χ2n) is 7.40. The lowest BCUT2D eigenvalue weighted by atomic mass is 9.98. The van der Waals surface area contributed by atoms with Gasteiger partial charge in [0.05, 0.1) is 12.5 Å². The average molecular weight is 423 g/mol. The molecule has 1 aliphatic heterocycles. The summed E-state index contributed by atoms with van der Waals surface area (Å²) in [6.45, 7) is 0.186. The van der Waals surface area contributed by atoms with E-state index in [4.69, 9.17) is 13.9 Å². The number of hydrogen-bond donors (Lipinski definition) is 2. The van der Waals surface area contributed by atoms with Crippen molar-refractivity contribution in [1.29, 1.82) is 0 Å². The van der Waals surface area contributed by atoms with Crippen LogP contribution in [0.3, 0.4) is 0 Å². The molecule has 1 amide bonds. The van der Waals surface area contributed by atoms with E-state index in [0.717, 1.165) is 33.3 Å². The molecule has 0 spiro atoms. The highest BCUT2D eigenvalue weighted by molar-refractivity contribution is 6.09. The van der Waals surface area contributed by atoms with Crippen molar-refractivity contribution in [2.75, 3.05) is 12.1 Å². The highest BCUT2D eigenvalue weighted by Gasteiger charge is 2.18. The van der Waals surface area contributed by atoms with Crippen LogP contribution < -0.4 is 14.8 Å². The van der Waals surface area contributed by atoms with Crippen LogP contribution in [0.15, 0.2) is 83.9 Å². The number of aromatic amines is 1. The number of pyridine rings is 1. The summed E-state index contributed by atoms with van der Waals surface area (Å²) in [7, 11) is 0. The standard InChI is InChI=1S/C25H17N3O4/c29-25(28-17-5-6-22-23(10-17)32-14-31-22)19-4-2-1-3-18(19)16-9-20-21(15-7-8-30-13-15)12-27-24(20)26-11-16/h1-13H,14H2,(H,26,27)(H,28,29). The Morgan fingerprint density at radius 2 is 1.88 bits per heavy atom. The van der Waals surface area contributed by atoms with Crippen LogP contribution in [0.5, 0.6) is 11.5 Å². The number of amides is 1. The summed E-state index contributed by atoms with van der Waals surface area (Å²) in [6, 6.07) is 16.7. The molecule has 156 valence electrons. The zero-order valence-corrected chi connectivity index (χ0v) is 16.8. The van der Waals surface area contributed by atoms with Crippen molar-refractivity contribution in [1.82, 2.24) is 9.97 Å². The van der Waals surface area contributed by atoms with Crippen LogP contribution in [0, 0.1) is 0 Å². The first-order valence-corrected chi connectivity index (χ1v) is 10.1. The molecular weight excluding hydrogens is 406 g/mol. The maximum atomic E-state index is 13.2. The first kappa shape index (κ1) is 18.3. The monoisotopic (exact) mass is 423 g/mol. The second kappa shape index (κ2) is 7.31. The summed E-state index contributed by atoms with van der Waals surface area (Å²) in [5, 5.41) is 3.90. The van der Waals surface area contributed by atoms with Gasteiger partial charge < -0.3 is 24.2 Å². The third kappa shape index (κ3) is 3.07. The average Bonchev–Trinajstić information content (AvgIpc) is 3.58. The molecule has 0 fully saturated rings. The van der Waals surface area contributed by atoms with E-state index in [0.29, 0.717) is 22.7 Å². The zero-order valence-electron chi connectivity index (χ0n) is 16.8. The van der Waals surface area contributed by atoms with Gasteiger partial charge in [0, 0.05) is 51.8 Å². The number of hydrogen-bond acceptors (Lipinski definition) is 5. The SMILES string of the molecule is O=C(Nc1ccc2c(c1)OCO2)c1ccccc1-c1cnc2[nH]cc(-c3ccoc3)c2c1. The third-order valence-corrected chi connectivity index (χ3v) is 5.48. The number of benzene rings is 2. The smallest absolute Gasteiger partial charge is 0.256 e. The van der Waals surface area contributed by atoms with Gasteiger partial charge in [0.1, 0.15) is 5.65 Å². The summed E-state index contributed by atoms with van der Waals surface area (Å²) in [4.78, 5) is 20.9. The molecule has 0 unspecified atom stereocenters. The van der Waals surface area contributed by atoms with Gasteiger partial charge in [0.25, 0.3) is 5.91 Å². The molecule has 0 atom stereocenters. The molecule has 5 aromatic rings. The zero-order chi connectivity index (χ0) is 21.5. The number of ether oxygens (including phenoxy) is 2. The number of aromatic nitrogens is 2. The topological polar surface area (TPSA) is 89.4 Å². The van der Waals surface area contributed by atoms with E-state index in [9.17, 15) is 4.79 Å². The molecule has 1 aliphatic rings. The molecule has 7 nitrogen and oxygen atoms in total. The van der Waals surface area contributed by atoms with Crippen molar-refractivity contribution in [3.05, 3.63) is 85.1 Å². The Hall–Kier alpha value is -4.52. The maximum Gasteiger partial charge on any atom is 0.256 e. The first-order chi connectivity index (χ1) is 15.8. The van der Waals surface area contributed by atoms with Gasteiger partial charge in [-0.3, -0.25) is 4.79 Å². The molecule has 2 aromatic carbocycles. The number of nitrogens with one attached hydrogen (secondary N) is 2. The van der Waals surface area contributed by atoms with Crippen molar-refractivity contribution in [3.63, 3.8) is 0 Å². The van der Waals surface area contributed by atoms with Gasteiger partial charge in [-0.05, 0) is 35.9 Å². The molecule has 0 saturated heterocycles. The molecule has 4 heterocycles. The van der Waals surface area contributed by atoms with Crippen molar-refractivity contribution in [3.8, 4) is 33.8 Å². The molecule has 6 rings (SSSR count). The van der Waals surface area contributed by atoms with E-state index in [-0.39, 0.29) is 12.7 Å². The summed E-state index contributed by atoms with van der Waals surface area (Å²) in [5.74, 6) is 1.07. The van der Waals surface area contributed by atoms with Gasteiger partial charge in [-0.2, -0.15) is 0 Å². The quantitative estimate of drug-likeness (QED) is 0.400. The Balaban J connectivity index is 1.37. The number of furan rings is 1. The van der Waals surface area contributed by atoms with Crippen LogP contribution in [0.4, 0.5) is 5.69 Å². The molecule has 3 aromatic heterocycles. The first-order valence-electron chi connectivity index (χ1n) is 10.1. The lowest BCUT2D eigenvalue weighted by Gasteiger charge is -2.11. The lowest BCUT2D eigenvalue weighted by molar-refractivity contribution is 0.102. The number of carbonyl (C=O) groups excluding carboxylic acids is 1. The molecular formula is C25H17N3O4. The number of rotatable bonds is 4. The number of nitrogens with zero attached hydrogens (tertiary/aromatic N) is 1. The van der Waals surface area contributed by atoms with Gasteiger partial charge in [-0.15, -0.1) is 0 Å². The third-order valence-electron chi connectivity index (χ3n) is 5.48. The molecule has 0 radical (unpaired) electrons. The molecule has 0 bridgehead atoms. The predicted octanol–water partition coefficient (Wildman–Crippen LogP) is 5.47. The fourth-order valence-electron chi connectivity index (χ4n) is 3.91. The van der Waals surface area contributed by atoms with E-state index >= 15 is 0 Å². The van der Waals surface area contributed by atoms with Crippen molar-refractivity contribution in [2.45, 2.75) is 0 Å². The van der Waals surface area contributed by atoms with Crippen LogP contribution in [0.2, 0.25) is 0 Å². The highest BCUT2D eigenvalue weighted by Crippen LogP contribution is 2.35. The molecule has 32 heavy (non-hydrogen) atoms. The number of carbonyl (C=O) groups is 1. The number of H-pyrrole nitrogens is 1. The summed E-state index contributed by atoms with van der Waals surface area (Å²) in [6.07, 6.45) is 7.01. The Kier molecular flexibility index (Phi) is 4.18. The van der Waals surface area contributed by atoms with Crippen molar-refractivity contribution < 1.29 is 18.7 Å². The fourth-order valence-corrected chi connectivity index (χ4v) is 3.91. The van der Waals surface area contributed by atoms with Crippen LogP contribution >= 0.6 is 0 Å². The van der Waals surface area contributed by atoms with Gasteiger partial charge in [0.2, 0.25) is 6.79 Å². The van der Waals surface area contributed by atoms with Crippen LogP contribution in [-0.2, 0) is 0 Å². The lowest BCUT2D eigenvalue weighted by Crippen LogP contribution is -2.13. The van der Waals surface area contributed by atoms with Crippen molar-refractivity contribution in [2.24, 2.45) is 0 Å². The van der Waals surface area contributed by atoms with Gasteiger partial charge in [-0.1, -0.05) is 18.2 Å². The Morgan fingerprint density at radius 1 is 0.969 bits per heavy atom. The predicted molar refractivity (Wildman–Crippen MR) is 120 cm³/mol. The Bertz CT molecular complexity index is 1450. The largest absolute Gasteiger partial charge is 0.472 e. The molecule has 7 heteroatoms. The Labute approximate surface area is 182 Å². The highest BCUT2D eigenvalue weighted by atomic mass is 16.7. The Morgan fingerprint density at radius 3 is 2.78 bits per heavy atom. The summed E-state index contributed by atoms with van der Waals surface area (Å²) >= 11 is 0. The van der Waals surface area contributed by atoms with Gasteiger partial charge >= 0.3 is 0 Å². The van der Waals surface area contributed by atoms with Gasteiger partial charge in [0.15, 0.2) is 11.5 Å². The molecule has 0 aliphatic carbocycles. The molecule has 2 N–H and O–H groups in total. The summed E-state index contributed by atoms with van der Waals surface area (Å²) in [5.41, 5.74) is 5.54. The van der Waals surface area contributed by atoms with Crippen molar-refractivity contribution >= 4 is 22.6 Å². The van der Waals surface area contributed by atoms with Gasteiger partial charge in [-0.25, -0.2) is 4.98 Å². The van der Waals surface area contributed by atoms with Crippen LogP contribution in [-0.4, -0.2) is 22.7 Å². The number of fused-ring (bicyclic) bond motifs is 2. The fraction of sp³-hybridized carbons (Fsp3) is 0.0400. The minimum absolute atomic E-state index is 0.186. The second-order valence-corrected chi connectivity index (χ2v) is 7.40. The van der Waals surface area contributed by atoms with E-state index in [1.807, 2.05) is 36.5 Å². The van der Waals surface area contributed by atoms with E-state index in [1.165, 1.54) is 0 Å². The van der Waals surface area contributed by atoms with Crippen LogP contribution in [0.25, 0.3) is 33.3 Å².